The maximum atomic E-state index is 12.3. The molecule has 6 rings (SSSR count). The molecule has 8 heteroatoms. The maximum absolute atomic E-state index is 12.3. The molecule has 1 fully saturated rings. The summed E-state index contributed by atoms with van der Waals surface area (Å²) in [5, 5.41) is 0. The van der Waals surface area contributed by atoms with E-state index in [0.717, 1.165) is 54.0 Å². The Hall–Kier alpha value is -3.32. The Morgan fingerprint density at radius 2 is 1.93 bits per heavy atom. The number of piperidine rings is 1. The lowest BCUT2D eigenvalue weighted by Crippen LogP contribution is -2.43. The Kier molecular flexibility index (Phi) is 4.29. The minimum absolute atomic E-state index is 0. The first-order chi connectivity index (χ1) is 14.2. The number of aromatic nitrogens is 3. The van der Waals surface area contributed by atoms with Crippen LogP contribution in [0, 0.1) is 0 Å². The Morgan fingerprint density at radius 3 is 2.73 bits per heavy atom. The van der Waals surface area contributed by atoms with E-state index in [1.807, 2.05) is 42.5 Å². The Bertz CT molecular complexity index is 1230. The highest BCUT2D eigenvalue weighted by atomic mass is 35.5. The quantitative estimate of drug-likeness (QED) is 0.485. The molecule has 4 aromatic rings. The lowest BCUT2D eigenvalue weighted by Gasteiger charge is -2.38. The van der Waals surface area contributed by atoms with Gasteiger partial charge in [-0.25, -0.2) is 14.8 Å². The molecule has 0 unspecified atom stereocenters. The van der Waals surface area contributed by atoms with Gasteiger partial charge >= 0.3 is 5.97 Å². The van der Waals surface area contributed by atoms with Gasteiger partial charge in [0.2, 0.25) is 11.8 Å². The standard InChI is InChI=1S/C22H18N4O3.ClH/c27-20-15-3-1-2-4-16(15)22(29-20)7-10-26(11-8-22)21-24-17-6-5-14(13-18(17)25-21)19-23-9-12-28-19;/h1-6,9,12-13H,7-8,10-11H2,(H,24,25);1H. The van der Waals surface area contributed by atoms with Gasteiger partial charge in [-0.15, -0.1) is 12.4 Å². The minimum atomic E-state index is -0.506. The van der Waals surface area contributed by atoms with Gasteiger partial charge in [-0.05, 0) is 24.3 Å². The van der Waals surface area contributed by atoms with Gasteiger partial charge in [0.1, 0.15) is 11.9 Å². The predicted molar refractivity (Wildman–Crippen MR) is 114 cm³/mol. The van der Waals surface area contributed by atoms with Crippen molar-refractivity contribution in [3.63, 3.8) is 0 Å². The molecule has 2 aromatic heterocycles. The average Bonchev–Trinajstić information content (AvgIpc) is 3.48. The molecule has 2 aromatic carbocycles. The number of fused-ring (bicyclic) bond motifs is 3. The molecule has 0 atom stereocenters. The lowest BCUT2D eigenvalue weighted by atomic mass is 9.84. The van der Waals surface area contributed by atoms with Crippen molar-refractivity contribution in [2.24, 2.45) is 0 Å². The highest BCUT2D eigenvalue weighted by molar-refractivity contribution is 5.94. The summed E-state index contributed by atoms with van der Waals surface area (Å²) in [7, 11) is 0. The van der Waals surface area contributed by atoms with Crippen molar-refractivity contribution in [3.05, 3.63) is 66.1 Å². The number of hydrogen-bond acceptors (Lipinski definition) is 6. The Labute approximate surface area is 178 Å². The first-order valence-electron chi connectivity index (χ1n) is 9.69. The van der Waals surface area contributed by atoms with E-state index in [2.05, 4.69) is 14.9 Å². The van der Waals surface area contributed by atoms with Crippen LogP contribution in [0.5, 0.6) is 0 Å². The highest BCUT2D eigenvalue weighted by Gasteiger charge is 2.47. The molecule has 0 saturated carbocycles. The molecule has 152 valence electrons. The van der Waals surface area contributed by atoms with Crippen molar-refractivity contribution < 1.29 is 13.9 Å². The number of ether oxygens (including phenoxy) is 1. The van der Waals surface area contributed by atoms with Gasteiger partial charge < -0.3 is 19.0 Å². The van der Waals surface area contributed by atoms with Crippen LogP contribution in [0.3, 0.4) is 0 Å². The largest absolute Gasteiger partial charge is 0.450 e. The molecule has 2 aliphatic rings. The van der Waals surface area contributed by atoms with Crippen LogP contribution < -0.4 is 4.90 Å². The van der Waals surface area contributed by atoms with Gasteiger partial charge in [-0.2, -0.15) is 0 Å². The number of anilines is 1. The zero-order valence-corrected chi connectivity index (χ0v) is 16.8. The summed E-state index contributed by atoms with van der Waals surface area (Å²) in [4.78, 5) is 26.8. The number of aromatic amines is 1. The van der Waals surface area contributed by atoms with E-state index in [1.165, 1.54) is 0 Å². The number of imidazole rings is 1. The van der Waals surface area contributed by atoms with Crippen LogP contribution in [-0.2, 0) is 10.3 Å². The van der Waals surface area contributed by atoms with Gasteiger partial charge in [0.25, 0.3) is 0 Å². The van der Waals surface area contributed by atoms with Crippen LogP contribution in [0.4, 0.5) is 5.95 Å². The predicted octanol–water partition coefficient (Wildman–Crippen LogP) is 4.31. The molecule has 0 aliphatic carbocycles. The van der Waals surface area contributed by atoms with E-state index in [1.54, 1.807) is 12.5 Å². The van der Waals surface area contributed by atoms with Gasteiger partial charge in [-0.1, -0.05) is 18.2 Å². The van der Waals surface area contributed by atoms with Crippen molar-refractivity contribution in [2.75, 3.05) is 18.0 Å². The third-order valence-corrected chi connectivity index (χ3v) is 5.95. The fraction of sp³-hybridized carbons (Fsp3) is 0.227. The topological polar surface area (TPSA) is 84.2 Å². The van der Waals surface area contributed by atoms with Crippen molar-refractivity contribution in [1.82, 2.24) is 15.0 Å². The molecule has 7 nitrogen and oxygen atoms in total. The number of halogens is 1. The summed E-state index contributed by atoms with van der Waals surface area (Å²) in [6, 6.07) is 13.6. The first kappa shape index (κ1) is 18.7. The number of H-pyrrole nitrogens is 1. The second-order valence-corrected chi connectivity index (χ2v) is 7.55. The second-order valence-electron chi connectivity index (χ2n) is 7.55. The van der Waals surface area contributed by atoms with Gasteiger partial charge in [0.05, 0.1) is 22.8 Å². The summed E-state index contributed by atoms with van der Waals surface area (Å²) >= 11 is 0. The number of carbonyl (C=O) groups is 1. The van der Waals surface area contributed by atoms with Crippen LogP contribution in [-0.4, -0.2) is 34.0 Å². The normalized spacial score (nSPS) is 17.1. The molecule has 1 spiro atoms. The van der Waals surface area contributed by atoms with Crippen molar-refractivity contribution in [2.45, 2.75) is 18.4 Å². The zero-order chi connectivity index (χ0) is 19.4. The van der Waals surface area contributed by atoms with E-state index in [9.17, 15) is 4.79 Å². The Balaban J connectivity index is 0.00000193. The summed E-state index contributed by atoms with van der Waals surface area (Å²) in [5.41, 5.74) is 3.95. The van der Waals surface area contributed by atoms with Crippen LogP contribution in [0.2, 0.25) is 0 Å². The number of esters is 1. The number of rotatable bonds is 2. The summed E-state index contributed by atoms with van der Waals surface area (Å²) < 4.78 is 11.2. The number of nitrogens with zero attached hydrogens (tertiary/aromatic N) is 3. The van der Waals surface area contributed by atoms with Gasteiger partial charge in [0, 0.05) is 37.1 Å². The molecule has 30 heavy (non-hydrogen) atoms. The zero-order valence-electron chi connectivity index (χ0n) is 16.0. The molecular formula is C22H19ClN4O3. The number of nitrogens with one attached hydrogen (secondary N) is 1. The lowest BCUT2D eigenvalue weighted by molar-refractivity contribution is -0.0211. The molecular weight excluding hydrogens is 404 g/mol. The molecule has 0 radical (unpaired) electrons. The van der Waals surface area contributed by atoms with Gasteiger partial charge in [0.15, 0.2) is 0 Å². The van der Waals surface area contributed by atoms with E-state index >= 15 is 0 Å². The third-order valence-electron chi connectivity index (χ3n) is 5.95. The molecule has 0 bridgehead atoms. The van der Waals surface area contributed by atoms with Crippen molar-refractivity contribution in [1.29, 1.82) is 0 Å². The number of carbonyl (C=O) groups excluding carboxylic acids is 1. The smallest absolute Gasteiger partial charge is 0.339 e. The summed E-state index contributed by atoms with van der Waals surface area (Å²) in [5.74, 6) is 1.21. The Morgan fingerprint density at radius 1 is 1.10 bits per heavy atom. The van der Waals surface area contributed by atoms with Crippen LogP contribution in [0.1, 0.15) is 28.8 Å². The second kappa shape index (κ2) is 6.88. The van der Waals surface area contributed by atoms with Crippen LogP contribution in [0.25, 0.3) is 22.5 Å². The number of hydrogen-bond donors (Lipinski definition) is 1. The molecule has 1 saturated heterocycles. The van der Waals surface area contributed by atoms with Crippen molar-refractivity contribution >= 4 is 35.4 Å². The molecule has 0 amide bonds. The first-order valence-corrected chi connectivity index (χ1v) is 9.69. The summed E-state index contributed by atoms with van der Waals surface area (Å²) in [6.07, 6.45) is 4.69. The van der Waals surface area contributed by atoms with E-state index in [-0.39, 0.29) is 18.4 Å². The SMILES string of the molecule is Cl.O=C1OC2(CCN(c3nc4ccc(-c5ncco5)cc4[nH]3)CC2)c2ccccc21. The monoisotopic (exact) mass is 422 g/mol. The third kappa shape index (κ3) is 2.77. The van der Waals surface area contributed by atoms with E-state index < -0.39 is 5.60 Å². The maximum Gasteiger partial charge on any atom is 0.339 e. The van der Waals surface area contributed by atoms with Crippen LogP contribution >= 0.6 is 12.4 Å². The highest BCUT2D eigenvalue weighted by Crippen LogP contribution is 2.44. The number of oxazole rings is 1. The summed E-state index contributed by atoms with van der Waals surface area (Å²) in [6.45, 7) is 1.52. The minimum Gasteiger partial charge on any atom is -0.450 e. The van der Waals surface area contributed by atoms with Crippen molar-refractivity contribution in [3.8, 4) is 11.5 Å². The number of benzene rings is 2. The van der Waals surface area contributed by atoms with E-state index in [4.69, 9.17) is 14.1 Å². The molecule has 1 N–H and O–H groups in total. The van der Waals surface area contributed by atoms with Crippen LogP contribution in [0.15, 0.2) is 59.3 Å². The fourth-order valence-electron chi connectivity index (χ4n) is 4.44. The van der Waals surface area contributed by atoms with E-state index in [0.29, 0.717) is 11.5 Å². The molecule has 2 aliphatic heterocycles. The molecule has 4 heterocycles. The average molecular weight is 423 g/mol. The fourth-order valence-corrected chi connectivity index (χ4v) is 4.44. The van der Waals surface area contributed by atoms with Gasteiger partial charge in [-0.3, -0.25) is 0 Å².